The van der Waals surface area contributed by atoms with Crippen molar-refractivity contribution in [2.24, 2.45) is 4.99 Å². The van der Waals surface area contributed by atoms with E-state index >= 15 is 0 Å². The summed E-state index contributed by atoms with van der Waals surface area (Å²) in [5.41, 5.74) is 1.36. The normalized spacial score (nSPS) is 12.5. The number of aliphatic imine (C=N–C) groups is 1. The molecule has 0 aliphatic rings. The SMILES string of the molecule is C=CCOC(O)N/C(=N\CCCCCCCC)Nc1ccc(C=O)cc1. The molecule has 3 N–H and O–H groups in total. The van der Waals surface area contributed by atoms with E-state index in [1.807, 2.05) is 0 Å². The second-order valence-electron chi connectivity index (χ2n) is 5.98. The van der Waals surface area contributed by atoms with Gasteiger partial charge in [0.15, 0.2) is 5.96 Å². The number of carbonyl (C=O) groups is 1. The van der Waals surface area contributed by atoms with Crippen LogP contribution in [0.15, 0.2) is 41.9 Å². The monoisotopic (exact) mass is 361 g/mol. The molecule has 0 radical (unpaired) electrons. The summed E-state index contributed by atoms with van der Waals surface area (Å²) in [6.45, 7) is 6.64. The molecule has 0 aliphatic heterocycles. The summed E-state index contributed by atoms with van der Waals surface area (Å²) < 4.78 is 5.13. The van der Waals surface area contributed by atoms with Crippen LogP contribution in [0.5, 0.6) is 0 Å². The number of carbonyl (C=O) groups excluding carboxylic acids is 1. The summed E-state index contributed by atoms with van der Waals surface area (Å²) in [7, 11) is 0. The number of benzene rings is 1. The van der Waals surface area contributed by atoms with E-state index in [0.29, 0.717) is 18.1 Å². The lowest BCUT2D eigenvalue weighted by Gasteiger charge is -2.17. The first-order valence-corrected chi connectivity index (χ1v) is 9.23. The lowest BCUT2D eigenvalue weighted by molar-refractivity contribution is -0.0980. The van der Waals surface area contributed by atoms with Gasteiger partial charge >= 0.3 is 0 Å². The Morgan fingerprint density at radius 1 is 1.23 bits per heavy atom. The second kappa shape index (κ2) is 14.0. The summed E-state index contributed by atoms with van der Waals surface area (Å²) in [5.74, 6) is 0.425. The topological polar surface area (TPSA) is 82.9 Å². The Kier molecular flexibility index (Phi) is 11.8. The second-order valence-corrected chi connectivity index (χ2v) is 5.98. The van der Waals surface area contributed by atoms with Crippen LogP contribution in [0.4, 0.5) is 5.69 Å². The Balaban J connectivity index is 2.57. The van der Waals surface area contributed by atoms with Crippen molar-refractivity contribution >= 4 is 17.9 Å². The van der Waals surface area contributed by atoms with Crippen LogP contribution in [0.25, 0.3) is 0 Å². The summed E-state index contributed by atoms with van der Waals surface area (Å²) >= 11 is 0. The van der Waals surface area contributed by atoms with E-state index in [1.54, 1.807) is 30.3 Å². The molecular formula is C20H31N3O3. The fourth-order valence-corrected chi connectivity index (χ4v) is 2.30. The standard InChI is InChI=1S/C20H31N3O3/c1-3-5-6-7-8-9-14-21-19(23-20(25)26-15-4-2)22-18-12-10-17(16-24)11-13-18/h4,10-13,16,20,25H,2-3,5-9,14-15H2,1H3,(H2,21,22,23). The lowest BCUT2D eigenvalue weighted by Crippen LogP contribution is -2.41. The number of ether oxygens (including phenoxy) is 1. The maximum absolute atomic E-state index is 10.7. The van der Waals surface area contributed by atoms with Gasteiger partial charge in [0, 0.05) is 17.8 Å². The van der Waals surface area contributed by atoms with Gasteiger partial charge in [-0.2, -0.15) is 0 Å². The number of aliphatic hydroxyl groups excluding tert-OH is 1. The molecule has 6 heteroatoms. The lowest BCUT2D eigenvalue weighted by atomic mass is 10.1. The zero-order chi connectivity index (χ0) is 19.0. The highest BCUT2D eigenvalue weighted by Crippen LogP contribution is 2.09. The molecule has 1 unspecified atom stereocenters. The van der Waals surface area contributed by atoms with Crippen LogP contribution in [-0.4, -0.2) is 36.9 Å². The van der Waals surface area contributed by atoms with Crippen molar-refractivity contribution in [2.75, 3.05) is 18.5 Å². The predicted octanol–water partition coefficient (Wildman–Crippen LogP) is 3.70. The summed E-state index contributed by atoms with van der Waals surface area (Å²) in [6, 6.07) is 6.99. The number of anilines is 1. The Labute approximate surface area is 156 Å². The van der Waals surface area contributed by atoms with Crippen LogP contribution in [0.2, 0.25) is 0 Å². The van der Waals surface area contributed by atoms with Crippen molar-refractivity contribution in [2.45, 2.75) is 51.9 Å². The molecular weight excluding hydrogens is 330 g/mol. The van der Waals surface area contributed by atoms with Gasteiger partial charge in [0.1, 0.15) is 6.29 Å². The Morgan fingerprint density at radius 3 is 2.58 bits per heavy atom. The predicted molar refractivity (Wildman–Crippen MR) is 106 cm³/mol. The third kappa shape index (κ3) is 9.96. The van der Waals surface area contributed by atoms with Gasteiger partial charge in [-0.3, -0.25) is 9.79 Å². The van der Waals surface area contributed by atoms with E-state index in [1.165, 1.54) is 25.7 Å². The third-order valence-electron chi connectivity index (χ3n) is 3.72. The van der Waals surface area contributed by atoms with E-state index in [0.717, 1.165) is 24.8 Å². The van der Waals surface area contributed by atoms with Gasteiger partial charge in [-0.25, -0.2) is 0 Å². The number of aldehydes is 1. The number of aliphatic hydroxyl groups is 1. The number of hydrogen-bond acceptors (Lipinski definition) is 4. The average molecular weight is 361 g/mol. The van der Waals surface area contributed by atoms with Crippen molar-refractivity contribution < 1.29 is 14.6 Å². The fourth-order valence-electron chi connectivity index (χ4n) is 2.30. The molecule has 1 aromatic rings. The van der Waals surface area contributed by atoms with Crippen molar-refractivity contribution in [1.82, 2.24) is 5.32 Å². The number of hydrogen-bond donors (Lipinski definition) is 3. The molecule has 0 saturated carbocycles. The van der Waals surface area contributed by atoms with Crippen molar-refractivity contribution in [3.8, 4) is 0 Å². The minimum atomic E-state index is -1.18. The third-order valence-corrected chi connectivity index (χ3v) is 3.72. The molecule has 6 nitrogen and oxygen atoms in total. The maximum atomic E-state index is 10.7. The number of unbranched alkanes of at least 4 members (excludes halogenated alkanes) is 5. The van der Waals surface area contributed by atoms with Crippen LogP contribution in [0.3, 0.4) is 0 Å². The van der Waals surface area contributed by atoms with Gasteiger partial charge < -0.3 is 20.5 Å². The van der Waals surface area contributed by atoms with Crippen LogP contribution >= 0.6 is 0 Å². The highest BCUT2D eigenvalue weighted by molar-refractivity contribution is 5.94. The van der Waals surface area contributed by atoms with E-state index in [2.05, 4.69) is 29.1 Å². The molecule has 0 heterocycles. The van der Waals surface area contributed by atoms with Gasteiger partial charge in [0.05, 0.1) is 6.61 Å². The Morgan fingerprint density at radius 2 is 1.92 bits per heavy atom. The minimum Gasteiger partial charge on any atom is -0.351 e. The molecule has 0 spiro atoms. The first kappa shape index (κ1) is 21.9. The van der Waals surface area contributed by atoms with E-state index in [4.69, 9.17) is 4.74 Å². The molecule has 0 aromatic heterocycles. The smallest absolute Gasteiger partial charge is 0.237 e. The molecule has 1 atom stereocenters. The molecule has 0 amide bonds. The molecule has 1 rings (SSSR count). The van der Waals surface area contributed by atoms with Crippen LogP contribution in [-0.2, 0) is 4.74 Å². The maximum Gasteiger partial charge on any atom is 0.237 e. The van der Waals surface area contributed by atoms with Crippen LogP contribution in [0, 0.1) is 0 Å². The van der Waals surface area contributed by atoms with E-state index < -0.39 is 6.41 Å². The number of rotatable bonds is 13. The van der Waals surface area contributed by atoms with E-state index in [-0.39, 0.29) is 6.61 Å². The van der Waals surface area contributed by atoms with Gasteiger partial charge in [0.2, 0.25) is 6.41 Å². The number of nitrogens with one attached hydrogen (secondary N) is 2. The molecule has 26 heavy (non-hydrogen) atoms. The summed E-state index contributed by atoms with van der Waals surface area (Å²) in [6.07, 6.45) is 8.30. The van der Waals surface area contributed by atoms with Gasteiger partial charge in [0.25, 0.3) is 0 Å². The summed E-state index contributed by atoms with van der Waals surface area (Å²) in [5, 5.41) is 15.8. The number of nitrogens with zero attached hydrogens (tertiary/aromatic N) is 1. The van der Waals surface area contributed by atoms with Gasteiger partial charge in [-0.05, 0) is 30.7 Å². The highest BCUT2D eigenvalue weighted by atomic mass is 16.6. The molecule has 144 valence electrons. The average Bonchev–Trinajstić information content (AvgIpc) is 2.66. The molecule has 0 fully saturated rings. The molecule has 1 aromatic carbocycles. The Bertz CT molecular complexity index is 544. The first-order valence-electron chi connectivity index (χ1n) is 9.23. The first-order chi connectivity index (χ1) is 12.7. The van der Waals surface area contributed by atoms with Crippen molar-refractivity contribution in [3.05, 3.63) is 42.5 Å². The number of guanidine groups is 1. The van der Waals surface area contributed by atoms with E-state index in [9.17, 15) is 9.90 Å². The fraction of sp³-hybridized carbons (Fsp3) is 0.500. The zero-order valence-electron chi connectivity index (χ0n) is 15.6. The quantitative estimate of drug-likeness (QED) is 0.125. The van der Waals surface area contributed by atoms with Gasteiger partial charge in [-0.15, -0.1) is 6.58 Å². The van der Waals surface area contributed by atoms with Crippen LogP contribution in [0.1, 0.15) is 55.8 Å². The van der Waals surface area contributed by atoms with Gasteiger partial charge in [-0.1, -0.05) is 45.1 Å². The minimum absolute atomic E-state index is 0.229. The summed E-state index contributed by atoms with van der Waals surface area (Å²) in [4.78, 5) is 15.2. The largest absolute Gasteiger partial charge is 0.351 e. The van der Waals surface area contributed by atoms with Crippen molar-refractivity contribution in [3.63, 3.8) is 0 Å². The Hall–Kier alpha value is -2.18. The molecule has 0 aliphatic carbocycles. The van der Waals surface area contributed by atoms with Crippen molar-refractivity contribution in [1.29, 1.82) is 0 Å². The molecule has 0 saturated heterocycles. The van der Waals surface area contributed by atoms with Crippen LogP contribution < -0.4 is 10.6 Å². The zero-order valence-corrected chi connectivity index (χ0v) is 15.6. The molecule has 0 bridgehead atoms. The highest BCUT2D eigenvalue weighted by Gasteiger charge is 2.07.